The summed E-state index contributed by atoms with van der Waals surface area (Å²) in [5.74, 6) is 0.272. The number of hydrogen-bond donors (Lipinski definition) is 2. The number of hydrogen-bond acceptors (Lipinski definition) is 5. The smallest absolute Gasteiger partial charge is 0.139 e. The van der Waals surface area contributed by atoms with E-state index < -0.39 is 8.80 Å². The highest BCUT2D eigenvalue weighted by atomic mass is 28.3. The SMILES string of the molecule is C[SiH](C)CCOCn1cc(-c2n[nH]c(N)c2C#N)cn1. The van der Waals surface area contributed by atoms with Gasteiger partial charge in [0.25, 0.3) is 0 Å². The Morgan fingerprint density at radius 3 is 3.05 bits per heavy atom. The molecule has 20 heavy (non-hydrogen) atoms. The molecule has 2 aromatic heterocycles. The lowest BCUT2D eigenvalue weighted by molar-refractivity contribution is 0.0789. The van der Waals surface area contributed by atoms with E-state index in [1.165, 1.54) is 0 Å². The molecule has 106 valence electrons. The van der Waals surface area contributed by atoms with Crippen LogP contribution in [0.4, 0.5) is 5.82 Å². The van der Waals surface area contributed by atoms with Crippen molar-refractivity contribution in [2.45, 2.75) is 25.9 Å². The Balaban J connectivity index is 2.00. The number of H-pyrrole nitrogens is 1. The first kappa shape index (κ1) is 14.3. The average Bonchev–Trinajstić information content (AvgIpc) is 3.00. The lowest BCUT2D eigenvalue weighted by Gasteiger charge is -2.05. The highest BCUT2D eigenvalue weighted by Crippen LogP contribution is 2.23. The number of aromatic amines is 1. The molecule has 2 heterocycles. The molecule has 0 atom stereocenters. The fourth-order valence-electron chi connectivity index (χ4n) is 1.71. The maximum absolute atomic E-state index is 9.04. The van der Waals surface area contributed by atoms with Gasteiger partial charge in [-0.3, -0.25) is 5.10 Å². The van der Waals surface area contributed by atoms with Crippen molar-refractivity contribution >= 4 is 14.6 Å². The minimum atomic E-state index is -0.567. The zero-order valence-electron chi connectivity index (χ0n) is 11.6. The molecule has 0 aliphatic rings. The molecule has 0 saturated carbocycles. The van der Waals surface area contributed by atoms with Gasteiger partial charge in [0.2, 0.25) is 0 Å². The van der Waals surface area contributed by atoms with Crippen molar-refractivity contribution in [3.8, 4) is 17.3 Å². The van der Waals surface area contributed by atoms with Crippen LogP contribution in [0.15, 0.2) is 12.4 Å². The van der Waals surface area contributed by atoms with E-state index in [1.807, 2.05) is 6.07 Å². The molecule has 0 aromatic carbocycles. The van der Waals surface area contributed by atoms with E-state index >= 15 is 0 Å². The van der Waals surface area contributed by atoms with Crippen molar-refractivity contribution in [1.29, 1.82) is 5.26 Å². The number of anilines is 1. The molecule has 2 aromatic rings. The van der Waals surface area contributed by atoms with Crippen molar-refractivity contribution in [2.24, 2.45) is 0 Å². The van der Waals surface area contributed by atoms with Crippen LogP contribution in [0.1, 0.15) is 5.56 Å². The second-order valence-electron chi connectivity index (χ2n) is 4.96. The third kappa shape index (κ3) is 3.26. The van der Waals surface area contributed by atoms with Gasteiger partial charge in [-0.25, -0.2) is 4.68 Å². The first-order valence-electron chi connectivity index (χ1n) is 6.46. The predicted octanol–water partition coefficient (Wildman–Crippen LogP) is 1.19. The highest BCUT2D eigenvalue weighted by Gasteiger charge is 2.14. The summed E-state index contributed by atoms with van der Waals surface area (Å²) in [6.45, 7) is 5.75. The van der Waals surface area contributed by atoms with Gasteiger partial charge in [-0.05, 0) is 6.04 Å². The molecule has 2 rings (SSSR count). The van der Waals surface area contributed by atoms with Gasteiger partial charge in [0, 0.05) is 27.2 Å². The number of nitriles is 1. The molecule has 0 spiro atoms. The molecule has 0 bridgehead atoms. The van der Waals surface area contributed by atoms with Gasteiger partial charge >= 0.3 is 0 Å². The quantitative estimate of drug-likeness (QED) is 0.614. The molecule has 0 amide bonds. The van der Waals surface area contributed by atoms with Crippen LogP contribution in [0.2, 0.25) is 19.1 Å². The Morgan fingerprint density at radius 2 is 2.35 bits per heavy atom. The largest absolute Gasteiger partial charge is 0.383 e. The first-order valence-corrected chi connectivity index (χ1v) is 9.59. The van der Waals surface area contributed by atoms with E-state index in [9.17, 15) is 0 Å². The summed E-state index contributed by atoms with van der Waals surface area (Å²) >= 11 is 0. The third-order valence-corrected chi connectivity index (χ3v) is 4.27. The maximum Gasteiger partial charge on any atom is 0.139 e. The van der Waals surface area contributed by atoms with Crippen LogP contribution in [0.25, 0.3) is 11.3 Å². The van der Waals surface area contributed by atoms with Crippen LogP contribution in [-0.2, 0) is 11.5 Å². The average molecular weight is 290 g/mol. The van der Waals surface area contributed by atoms with Crippen LogP contribution in [0.3, 0.4) is 0 Å². The number of nitrogens with one attached hydrogen (secondary N) is 1. The van der Waals surface area contributed by atoms with Crippen molar-refractivity contribution in [3.63, 3.8) is 0 Å². The summed E-state index contributed by atoms with van der Waals surface area (Å²) in [4.78, 5) is 0. The second-order valence-corrected chi connectivity index (χ2v) is 8.33. The summed E-state index contributed by atoms with van der Waals surface area (Å²) in [5, 5.41) is 19.9. The minimum absolute atomic E-state index is 0.272. The van der Waals surface area contributed by atoms with E-state index in [-0.39, 0.29) is 5.82 Å². The number of rotatable bonds is 6. The molecule has 3 N–H and O–H groups in total. The molecular weight excluding hydrogens is 272 g/mol. The van der Waals surface area contributed by atoms with Gasteiger partial charge in [0.1, 0.15) is 29.9 Å². The molecule has 0 saturated heterocycles. The van der Waals surface area contributed by atoms with Crippen molar-refractivity contribution in [3.05, 3.63) is 18.0 Å². The summed E-state index contributed by atoms with van der Waals surface area (Å²) in [6.07, 6.45) is 3.44. The predicted molar refractivity (Wildman–Crippen MR) is 78.6 cm³/mol. The summed E-state index contributed by atoms with van der Waals surface area (Å²) in [7, 11) is -0.567. The van der Waals surface area contributed by atoms with Crippen molar-refractivity contribution in [2.75, 3.05) is 12.3 Å². The Labute approximate surface area is 119 Å². The van der Waals surface area contributed by atoms with Gasteiger partial charge in [0.05, 0.1) is 6.20 Å². The lowest BCUT2D eigenvalue weighted by atomic mass is 10.1. The summed E-state index contributed by atoms with van der Waals surface area (Å²) in [6, 6.07) is 3.19. The zero-order chi connectivity index (χ0) is 14.5. The number of ether oxygens (including phenoxy) is 1. The number of nitrogen functional groups attached to an aromatic ring is 1. The summed E-state index contributed by atoms with van der Waals surface area (Å²) < 4.78 is 7.24. The number of aromatic nitrogens is 4. The van der Waals surface area contributed by atoms with Gasteiger partial charge in [0.15, 0.2) is 0 Å². The Bertz CT molecular complexity index is 612. The van der Waals surface area contributed by atoms with Crippen molar-refractivity contribution < 1.29 is 4.74 Å². The van der Waals surface area contributed by atoms with Crippen LogP contribution in [-0.4, -0.2) is 35.4 Å². The second kappa shape index (κ2) is 6.36. The maximum atomic E-state index is 9.04. The molecule has 0 aliphatic carbocycles. The van der Waals surface area contributed by atoms with Crippen LogP contribution in [0, 0.1) is 11.3 Å². The molecule has 7 nitrogen and oxygen atoms in total. The lowest BCUT2D eigenvalue weighted by Crippen LogP contribution is -2.08. The van der Waals surface area contributed by atoms with Gasteiger partial charge in [-0.1, -0.05) is 13.1 Å². The zero-order valence-corrected chi connectivity index (χ0v) is 12.8. The minimum Gasteiger partial charge on any atom is -0.383 e. The number of nitrogens with two attached hydrogens (primary N) is 1. The van der Waals surface area contributed by atoms with Gasteiger partial charge in [-0.15, -0.1) is 0 Å². The van der Waals surface area contributed by atoms with E-state index in [0.717, 1.165) is 18.2 Å². The van der Waals surface area contributed by atoms with Crippen LogP contribution < -0.4 is 5.73 Å². The van der Waals surface area contributed by atoms with Gasteiger partial charge in [-0.2, -0.15) is 15.5 Å². The normalized spacial score (nSPS) is 10.9. The van der Waals surface area contributed by atoms with E-state index in [0.29, 0.717) is 18.0 Å². The van der Waals surface area contributed by atoms with E-state index in [2.05, 4.69) is 28.4 Å². The van der Waals surface area contributed by atoms with E-state index in [4.69, 9.17) is 15.7 Å². The standard InChI is InChI=1S/C12H18N6OSi/c1-20(2)4-3-19-8-18-7-9(6-15-18)11-10(5-13)12(14)17-16-11/h6-7,20H,3-4,8H2,1-2H3,(H3,14,16,17). The fourth-order valence-corrected chi connectivity index (χ4v) is 2.35. The van der Waals surface area contributed by atoms with Crippen LogP contribution >= 0.6 is 0 Å². The Morgan fingerprint density at radius 1 is 1.55 bits per heavy atom. The fraction of sp³-hybridized carbons (Fsp3) is 0.417. The highest BCUT2D eigenvalue weighted by molar-refractivity contribution is 6.55. The van der Waals surface area contributed by atoms with Gasteiger partial charge < -0.3 is 10.5 Å². The van der Waals surface area contributed by atoms with Crippen LogP contribution in [0.5, 0.6) is 0 Å². The molecule has 0 aliphatic heterocycles. The molecule has 0 radical (unpaired) electrons. The Kier molecular flexibility index (Phi) is 4.55. The topological polar surface area (TPSA) is 106 Å². The first-order chi connectivity index (χ1) is 9.61. The monoisotopic (exact) mass is 290 g/mol. The molecule has 8 heteroatoms. The third-order valence-electron chi connectivity index (χ3n) is 2.88. The molecule has 0 unspecified atom stereocenters. The van der Waals surface area contributed by atoms with E-state index in [1.54, 1.807) is 17.1 Å². The molecular formula is C12H18N6OSi. The Hall–Kier alpha value is -2.11. The number of nitrogens with zero attached hydrogens (tertiary/aromatic N) is 4. The molecule has 0 fully saturated rings. The van der Waals surface area contributed by atoms with Crippen molar-refractivity contribution in [1.82, 2.24) is 20.0 Å². The summed E-state index contributed by atoms with van der Waals surface area (Å²) in [5.41, 5.74) is 7.24.